The highest BCUT2D eigenvalue weighted by molar-refractivity contribution is 7.89. The second kappa shape index (κ2) is 8.19. The van der Waals surface area contributed by atoms with Gasteiger partial charge in [0.1, 0.15) is 0 Å². The minimum Gasteiger partial charge on any atom is -0.322 e. The molecule has 0 radical (unpaired) electrons. The molecule has 0 spiro atoms. The second-order valence-electron chi connectivity index (χ2n) is 5.16. The average molecular weight is 401 g/mol. The molecule has 0 saturated heterocycles. The predicted octanol–water partition coefficient (Wildman–Crippen LogP) is 4.28. The summed E-state index contributed by atoms with van der Waals surface area (Å²) in [5.41, 5.74) is 0.616. The van der Waals surface area contributed by atoms with Crippen LogP contribution in [0.3, 0.4) is 0 Å². The van der Waals surface area contributed by atoms with Gasteiger partial charge in [0.15, 0.2) is 0 Å². The number of anilines is 1. The molecule has 2 aromatic rings. The maximum absolute atomic E-state index is 12.4. The predicted molar refractivity (Wildman–Crippen MR) is 101 cm³/mol. The molecule has 0 aliphatic rings. The van der Waals surface area contributed by atoms with E-state index in [2.05, 4.69) is 5.32 Å². The summed E-state index contributed by atoms with van der Waals surface area (Å²) in [6.45, 7) is 4.34. The van der Waals surface area contributed by atoms with E-state index in [0.29, 0.717) is 18.8 Å². The van der Waals surface area contributed by atoms with Crippen LogP contribution in [-0.4, -0.2) is 31.7 Å². The standard InChI is InChI=1S/C17H18Cl2N2O3S/c1-3-21(4-2)25(23,24)13-10-8-12(9-11-13)20-17(22)16-14(18)6-5-7-15(16)19/h5-11H,3-4H2,1-2H3,(H,20,22). The van der Waals surface area contributed by atoms with Crippen LogP contribution in [0.25, 0.3) is 0 Å². The summed E-state index contributed by atoms with van der Waals surface area (Å²) < 4.78 is 26.3. The van der Waals surface area contributed by atoms with Crippen molar-refractivity contribution in [3.63, 3.8) is 0 Å². The minimum absolute atomic E-state index is 0.171. The Bertz CT molecular complexity index is 844. The van der Waals surface area contributed by atoms with Crippen molar-refractivity contribution in [1.29, 1.82) is 0 Å². The maximum atomic E-state index is 12.4. The molecule has 0 aromatic heterocycles. The summed E-state index contributed by atoms with van der Waals surface area (Å²) in [6, 6.07) is 10.8. The van der Waals surface area contributed by atoms with Gasteiger partial charge >= 0.3 is 0 Å². The number of amides is 1. The van der Waals surface area contributed by atoms with Gasteiger partial charge in [0.25, 0.3) is 5.91 Å². The van der Waals surface area contributed by atoms with Gasteiger partial charge in [0, 0.05) is 18.8 Å². The highest BCUT2D eigenvalue weighted by Gasteiger charge is 2.21. The zero-order chi connectivity index (χ0) is 18.6. The molecule has 0 unspecified atom stereocenters. The fourth-order valence-corrected chi connectivity index (χ4v) is 4.36. The molecular formula is C17H18Cl2N2O3S. The number of carbonyl (C=O) groups excluding carboxylic acids is 1. The van der Waals surface area contributed by atoms with Crippen LogP contribution < -0.4 is 5.32 Å². The molecule has 134 valence electrons. The Hall–Kier alpha value is -1.60. The summed E-state index contributed by atoms with van der Waals surface area (Å²) in [6.07, 6.45) is 0. The van der Waals surface area contributed by atoms with Gasteiger partial charge in [-0.15, -0.1) is 0 Å². The van der Waals surface area contributed by atoms with Crippen molar-refractivity contribution in [1.82, 2.24) is 4.31 Å². The van der Waals surface area contributed by atoms with Crippen LogP contribution in [0.1, 0.15) is 24.2 Å². The van der Waals surface area contributed by atoms with E-state index in [1.54, 1.807) is 32.0 Å². The van der Waals surface area contributed by atoms with Crippen molar-refractivity contribution in [3.05, 3.63) is 58.1 Å². The molecule has 0 bridgehead atoms. The van der Waals surface area contributed by atoms with Crippen molar-refractivity contribution >= 4 is 44.8 Å². The maximum Gasteiger partial charge on any atom is 0.258 e. The molecule has 0 saturated carbocycles. The van der Waals surface area contributed by atoms with Crippen LogP contribution in [0, 0.1) is 0 Å². The Kier molecular flexibility index (Phi) is 6.46. The first-order valence-corrected chi connectivity index (χ1v) is 9.86. The third-order valence-corrected chi connectivity index (χ3v) is 6.34. The summed E-state index contributed by atoms with van der Waals surface area (Å²) in [7, 11) is -3.53. The van der Waals surface area contributed by atoms with Crippen LogP contribution in [0.15, 0.2) is 47.4 Å². The first kappa shape index (κ1) is 19.7. The minimum atomic E-state index is -3.53. The number of benzene rings is 2. The van der Waals surface area contributed by atoms with E-state index < -0.39 is 15.9 Å². The van der Waals surface area contributed by atoms with Crippen molar-refractivity contribution < 1.29 is 13.2 Å². The first-order valence-electron chi connectivity index (χ1n) is 7.66. The lowest BCUT2D eigenvalue weighted by Gasteiger charge is -2.18. The first-order chi connectivity index (χ1) is 11.8. The number of halogens is 2. The van der Waals surface area contributed by atoms with E-state index in [9.17, 15) is 13.2 Å². The fraction of sp³-hybridized carbons (Fsp3) is 0.235. The zero-order valence-electron chi connectivity index (χ0n) is 13.8. The van der Waals surface area contributed by atoms with Gasteiger partial charge in [-0.3, -0.25) is 4.79 Å². The van der Waals surface area contributed by atoms with Gasteiger partial charge in [0.2, 0.25) is 10.0 Å². The van der Waals surface area contributed by atoms with E-state index in [1.165, 1.54) is 28.6 Å². The van der Waals surface area contributed by atoms with E-state index >= 15 is 0 Å². The molecule has 25 heavy (non-hydrogen) atoms. The van der Waals surface area contributed by atoms with Crippen LogP contribution in [0.2, 0.25) is 10.0 Å². The van der Waals surface area contributed by atoms with E-state index in [0.717, 1.165) is 0 Å². The fourth-order valence-electron chi connectivity index (χ4n) is 2.33. The monoisotopic (exact) mass is 400 g/mol. The number of sulfonamides is 1. The van der Waals surface area contributed by atoms with Gasteiger partial charge in [-0.1, -0.05) is 43.1 Å². The quantitative estimate of drug-likeness (QED) is 0.786. The molecule has 2 rings (SSSR count). The molecule has 5 nitrogen and oxygen atoms in total. The van der Waals surface area contributed by atoms with Gasteiger partial charge < -0.3 is 5.32 Å². The van der Waals surface area contributed by atoms with Gasteiger partial charge in [-0.2, -0.15) is 4.31 Å². The normalized spacial score (nSPS) is 11.6. The highest BCUT2D eigenvalue weighted by atomic mass is 35.5. The summed E-state index contributed by atoms with van der Waals surface area (Å²) >= 11 is 12.0. The topological polar surface area (TPSA) is 66.5 Å². The van der Waals surface area contributed by atoms with Crippen molar-refractivity contribution in [2.75, 3.05) is 18.4 Å². The largest absolute Gasteiger partial charge is 0.322 e. The van der Waals surface area contributed by atoms with Gasteiger partial charge in [-0.25, -0.2) is 8.42 Å². The van der Waals surface area contributed by atoms with Crippen molar-refractivity contribution in [2.24, 2.45) is 0 Å². The lowest BCUT2D eigenvalue weighted by molar-refractivity contribution is 0.102. The molecule has 1 N–H and O–H groups in total. The number of hydrogen-bond donors (Lipinski definition) is 1. The molecule has 2 aromatic carbocycles. The lowest BCUT2D eigenvalue weighted by Crippen LogP contribution is -2.30. The zero-order valence-corrected chi connectivity index (χ0v) is 16.1. The number of nitrogens with one attached hydrogen (secondary N) is 1. The molecule has 1 amide bonds. The molecule has 0 fully saturated rings. The van der Waals surface area contributed by atoms with Crippen molar-refractivity contribution in [3.8, 4) is 0 Å². The number of hydrogen-bond acceptors (Lipinski definition) is 3. The van der Waals surface area contributed by atoms with Crippen LogP contribution >= 0.6 is 23.2 Å². The Morgan fingerprint density at radius 2 is 1.52 bits per heavy atom. The number of rotatable bonds is 6. The molecule has 0 heterocycles. The summed E-state index contributed by atoms with van der Waals surface area (Å²) in [5, 5.41) is 3.14. The molecule has 0 aliphatic heterocycles. The second-order valence-corrected chi connectivity index (χ2v) is 7.92. The number of nitrogens with zero attached hydrogens (tertiary/aromatic N) is 1. The van der Waals surface area contributed by atoms with E-state index in [1.807, 2.05) is 0 Å². The Morgan fingerprint density at radius 1 is 1.00 bits per heavy atom. The third kappa shape index (κ3) is 4.33. The molecule has 0 aliphatic carbocycles. The molecule has 8 heteroatoms. The third-order valence-electron chi connectivity index (χ3n) is 3.65. The Labute approximate surface area is 157 Å². The lowest BCUT2D eigenvalue weighted by atomic mass is 10.2. The Morgan fingerprint density at radius 3 is 2.00 bits per heavy atom. The van der Waals surface area contributed by atoms with Crippen LogP contribution in [0.5, 0.6) is 0 Å². The summed E-state index contributed by atoms with van der Waals surface area (Å²) in [4.78, 5) is 12.5. The highest BCUT2D eigenvalue weighted by Crippen LogP contribution is 2.25. The van der Waals surface area contributed by atoms with Gasteiger partial charge in [-0.05, 0) is 36.4 Å². The van der Waals surface area contributed by atoms with E-state index in [-0.39, 0.29) is 20.5 Å². The Balaban J connectivity index is 2.22. The van der Waals surface area contributed by atoms with Crippen LogP contribution in [-0.2, 0) is 10.0 Å². The average Bonchev–Trinajstić information content (AvgIpc) is 2.56. The molecule has 0 atom stereocenters. The van der Waals surface area contributed by atoms with Crippen LogP contribution in [0.4, 0.5) is 5.69 Å². The summed E-state index contributed by atoms with van der Waals surface area (Å²) in [5.74, 6) is -0.463. The SMILES string of the molecule is CCN(CC)S(=O)(=O)c1ccc(NC(=O)c2c(Cl)cccc2Cl)cc1. The van der Waals surface area contributed by atoms with Gasteiger partial charge in [0.05, 0.1) is 20.5 Å². The smallest absolute Gasteiger partial charge is 0.258 e. The van der Waals surface area contributed by atoms with Crippen molar-refractivity contribution in [2.45, 2.75) is 18.7 Å². The number of carbonyl (C=O) groups is 1. The van der Waals surface area contributed by atoms with E-state index in [4.69, 9.17) is 23.2 Å². The molecular weight excluding hydrogens is 383 g/mol.